The second kappa shape index (κ2) is 12.6. The molecule has 3 heterocycles. The normalized spacial score (nSPS) is 29.4. The van der Waals surface area contributed by atoms with E-state index in [1.807, 2.05) is 32.9 Å². The maximum absolute atomic E-state index is 14.8. The van der Waals surface area contributed by atoms with Crippen LogP contribution in [-0.4, -0.2) is 74.5 Å². The first-order valence-electron chi connectivity index (χ1n) is 13.7. The van der Waals surface area contributed by atoms with Crippen molar-refractivity contribution in [1.82, 2.24) is 4.90 Å². The van der Waals surface area contributed by atoms with E-state index < -0.39 is 34.6 Å². The van der Waals surface area contributed by atoms with Crippen molar-refractivity contribution < 1.29 is 24.2 Å². The zero-order valence-corrected chi connectivity index (χ0v) is 26.4. The average Bonchev–Trinajstić information content (AvgIpc) is 3.49. The SMILES string of the molecule is C=CCCOC(=O)[C@H]1[C@@H]2SC3(CC2Br)C(C(=O)N(CC=C)c2c(C)cccc2Cl)N([C@@H](CO)CC(C)C)C(=O)[C@H]13. The molecular weight excluding hydrogens is 616 g/mol. The van der Waals surface area contributed by atoms with Gasteiger partial charge < -0.3 is 19.6 Å². The Labute approximate surface area is 254 Å². The number of alkyl halides is 1. The van der Waals surface area contributed by atoms with E-state index >= 15 is 0 Å². The van der Waals surface area contributed by atoms with Crippen molar-refractivity contribution in [2.75, 3.05) is 24.7 Å². The van der Waals surface area contributed by atoms with E-state index in [0.29, 0.717) is 30.0 Å². The van der Waals surface area contributed by atoms with Crippen LogP contribution in [0.2, 0.25) is 5.02 Å². The highest BCUT2D eigenvalue weighted by atomic mass is 79.9. The summed E-state index contributed by atoms with van der Waals surface area (Å²) < 4.78 is 4.73. The molecule has 0 saturated carbocycles. The Balaban J connectivity index is 1.85. The minimum atomic E-state index is -0.905. The molecule has 4 rings (SSSR count). The van der Waals surface area contributed by atoms with Gasteiger partial charge in [0.15, 0.2) is 0 Å². The standard InChI is InChI=1S/C30H38BrClN2O5S/c1-6-8-13-39-29(38)22-23-27(36)34(19(16-35)14-17(3)4)26(30(23)15-20(31)25(22)40-30)28(37)33(12-7-2)24-18(5)10-9-11-21(24)32/h6-7,9-11,17,19-20,22-23,25-26,35H,1-2,8,12-16H2,3-5H3/t19-,20?,22-,23+,25-,26?,30?/m1/s1. The molecule has 10 heteroatoms. The summed E-state index contributed by atoms with van der Waals surface area (Å²) in [6.07, 6.45) is 4.88. The lowest BCUT2D eigenvalue weighted by molar-refractivity contribution is -0.154. The van der Waals surface area contributed by atoms with Gasteiger partial charge in [-0.1, -0.05) is 65.7 Å². The first-order chi connectivity index (χ1) is 19.0. The Morgan fingerprint density at radius 1 is 1.35 bits per heavy atom. The number of likely N-dealkylation sites (tertiary alicyclic amines) is 1. The molecule has 1 spiro atoms. The summed E-state index contributed by atoms with van der Waals surface area (Å²) in [6.45, 7) is 13.6. The number of hydrogen-bond acceptors (Lipinski definition) is 6. The first-order valence-corrected chi connectivity index (χ1v) is 15.9. The smallest absolute Gasteiger partial charge is 0.310 e. The summed E-state index contributed by atoms with van der Waals surface area (Å²) in [5, 5.41) is 10.7. The number of benzene rings is 1. The van der Waals surface area contributed by atoms with Crippen LogP contribution in [-0.2, 0) is 19.1 Å². The first kappa shape index (κ1) is 31.1. The van der Waals surface area contributed by atoms with Gasteiger partial charge in [-0.25, -0.2) is 0 Å². The molecule has 1 N–H and O–H groups in total. The number of carbonyl (C=O) groups is 3. The summed E-state index contributed by atoms with van der Waals surface area (Å²) in [6, 6.07) is 3.97. The lowest BCUT2D eigenvalue weighted by Crippen LogP contribution is -2.58. The molecule has 2 bridgehead atoms. The predicted octanol–water partition coefficient (Wildman–Crippen LogP) is 5.16. The summed E-state index contributed by atoms with van der Waals surface area (Å²) in [5.74, 6) is -2.25. The molecule has 218 valence electrons. The van der Waals surface area contributed by atoms with Crippen LogP contribution in [0.15, 0.2) is 43.5 Å². The number of carbonyl (C=O) groups excluding carboxylic acids is 3. The van der Waals surface area contributed by atoms with Crippen LogP contribution in [0, 0.1) is 24.7 Å². The van der Waals surface area contributed by atoms with Crippen molar-refractivity contribution in [1.29, 1.82) is 0 Å². The summed E-state index contributed by atoms with van der Waals surface area (Å²) in [4.78, 5) is 45.8. The van der Waals surface area contributed by atoms with Crippen LogP contribution in [0.1, 0.15) is 38.7 Å². The fraction of sp³-hybridized carbons (Fsp3) is 0.567. The molecule has 7 nitrogen and oxygen atoms in total. The van der Waals surface area contributed by atoms with Crippen LogP contribution in [0.3, 0.4) is 0 Å². The van der Waals surface area contributed by atoms with Crippen molar-refractivity contribution in [2.24, 2.45) is 17.8 Å². The van der Waals surface area contributed by atoms with Gasteiger partial charge in [-0.15, -0.1) is 24.9 Å². The quantitative estimate of drug-likeness (QED) is 0.145. The second-order valence-electron chi connectivity index (χ2n) is 11.3. The van der Waals surface area contributed by atoms with Crippen LogP contribution in [0.25, 0.3) is 0 Å². The second-order valence-corrected chi connectivity index (χ2v) is 14.4. The number of halogens is 2. The van der Waals surface area contributed by atoms with E-state index in [-0.39, 0.29) is 47.6 Å². The lowest BCUT2D eigenvalue weighted by atomic mass is 9.71. The molecule has 2 amide bonds. The van der Waals surface area contributed by atoms with Crippen molar-refractivity contribution in [2.45, 2.75) is 66.9 Å². The number of nitrogens with zero attached hydrogens (tertiary/aromatic N) is 2. The predicted molar refractivity (Wildman–Crippen MR) is 164 cm³/mol. The Bertz CT molecular complexity index is 1160. The molecular formula is C30H38BrClN2O5S. The maximum Gasteiger partial charge on any atom is 0.310 e. The van der Waals surface area contributed by atoms with Crippen LogP contribution >= 0.6 is 39.3 Å². The van der Waals surface area contributed by atoms with Crippen molar-refractivity contribution >= 4 is 62.8 Å². The van der Waals surface area contributed by atoms with Gasteiger partial charge in [0.1, 0.15) is 6.04 Å². The Hall–Kier alpha value is -1.81. The number of thioether (sulfide) groups is 1. The molecule has 1 aromatic carbocycles. The number of ether oxygens (including phenoxy) is 1. The number of aryl methyl sites for hydroxylation is 1. The van der Waals surface area contributed by atoms with Gasteiger partial charge in [-0.2, -0.15) is 0 Å². The van der Waals surface area contributed by atoms with Gasteiger partial charge in [0.05, 0.1) is 46.5 Å². The van der Waals surface area contributed by atoms with Gasteiger partial charge in [0, 0.05) is 16.6 Å². The van der Waals surface area contributed by atoms with E-state index in [9.17, 15) is 19.5 Å². The number of para-hydroxylation sites is 1. The molecule has 7 atom stereocenters. The molecule has 0 radical (unpaired) electrons. The Kier molecular flexibility index (Phi) is 9.80. The highest BCUT2D eigenvalue weighted by molar-refractivity contribution is 9.09. The van der Waals surface area contributed by atoms with Crippen LogP contribution in [0.5, 0.6) is 0 Å². The summed E-state index contributed by atoms with van der Waals surface area (Å²) >= 11 is 12.0. The third kappa shape index (κ3) is 5.27. The minimum absolute atomic E-state index is 0.0821. The molecule has 40 heavy (non-hydrogen) atoms. The fourth-order valence-electron chi connectivity index (χ4n) is 6.70. The molecule has 3 saturated heterocycles. The van der Waals surface area contributed by atoms with E-state index in [1.54, 1.807) is 39.8 Å². The topological polar surface area (TPSA) is 87.2 Å². The van der Waals surface area contributed by atoms with E-state index in [4.69, 9.17) is 16.3 Å². The number of rotatable bonds is 12. The maximum atomic E-state index is 14.8. The van der Waals surface area contributed by atoms with Crippen molar-refractivity contribution in [3.05, 3.63) is 54.1 Å². The minimum Gasteiger partial charge on any atom is -0.465 e. The van der Waals surface area contributed by atoms with E-state index in [2.05, 4.69) is 29.1 Å². The molecule has 0 aromatic heterocycles. The van der Waals surface area contributed by atoms with Gasteiger partial charge in [0.25, 0.3) is 5.91 Å². The Morgan fingerprint density at radius 2 is 2.08 bits per heavy atom. The average molecular weight is 654 g/mol. The molecule has 1 aromatic rings. The van der Waals surface area contributed by atoms with Crippen LogP contribution in [0.4, 0.5) is 5.69 Å². The molecule has 3 aliphatic heterocycles. The number of hydrogen-bond donors (Lipinski definition) is 1. The lowest BCUT2D eigenvalue weighted by Gasteiger charge is -2.40. The van der Waals surface area contributed by atoms with Crippen molar-refractivity contribution in [3.63, 3.8) is 0 Å². The van der Waals surface area contributed by atoms with E-state index in [1.165, 1.54) is 0 Å². The highest BCUT2D eigenvalue weighted by Crippen LogP contribution is 2.68. The van der Waals surface area contributed by atoms with Crippen molar-refractivity contribution in [3.8, 4) is 0 Å². The van der Waals surface area contributed by atoms with Gasteiger partial charge in [0.2, 0.25) is 5.91 Å². The highest BCUT2D eigenvalue weighted by Gasteiger charge is 2.76. The number of esters is 1. The number of aliphatic hydroxyl groups is 1. The molecule has 3 aliphatic rings. The van der Waals surface area contributed by atoms with Gasteiger partial charge in [-0.3, -0.25) is 14.4 Å². The third-order valence-corrected chi connectivity index (χ3v) is 11.7. The molecule has 3 unspecified atom stereocenters. The van der Waals surface area contributed by atoms with Crippen LogP contribution < -0.4 is 4.90 Å². The number of fused-ring (bicyclic) bond motifs is 1. The van der Waals surface area contributed by atoms with Gasteiger partial charge >= 0.3 is 5.97 Å². The van der Waals surface area contributed by atoms with Gasteiger partial charge in [-0.05, 0) is 43.7 Å². The zero-order chi connectivity index (χ0) is 29.4. The monoisotopic (exact) mass is 652 g/mol. The van der Waals surface area contributed by atoms with E-state index in [0.717, 1.165) is 5.56 Å². The Morgan fingerprint density at radius 3 is 2.67 bits per heavy atom. The summed E-state index contributed by atoms with van der Waals surface area (Å²) in [5.41, 5.74) is 1.39. The zero-order valence-electron chi connectivity index (χ0n) is 23.2. The molecule has 3 fully saturated rings. The number of amides is 2. The number of anilines is 1. The third-order valence-electron chi connectivity index (χ3n) is 8.18. The fourth-order valence-corrected chi connectivity index (χ4v) is 10.6. The largest absolute Gasteiger partial charge is 0.465 e. The summed E-state index contributed by atoms with van der Waals surface area (Å²) in [7, 11) is 0. The number of aliphatic hydroxyl groups excluding tert-OH is 1. The molecule has 0 aliphatic carbocycles.